The van der Waals surface area contributed by atoms with Gasteiger partial charge >= 0.3 is 0 Å². The number of rotatable bonds is 4. The number of aliphatic hydroxyl groups excluding tert-OH is 1. The van der Waals surface area contributed by atoms with Gasteiger partial charge in [0.1, 0.15) is 0 Å². The second-order valence-corrected chi connectivity index (χ2v) is 5.29. The highest BCUT2D eigenvalue weighted by atomic mass is 32.1. The lowest BCUT2D eigenvalue weighted by Crippen LogP contribution is -2.39. The van der Waals surface area contributed by atoms with E-state index in [1.165, 1.54) is 5.56 Å². The van der Waals surface area contributed by atoms with Gasteiger partial charge in [0, 0.05) is 19.1 Å². The molecule has 3 unspecified atom stereocenters. The number of nitrogens with two attached hydrogens (primary N) is 1. The van der Waals surface area contributed by atoms with Gasteiger partial charge in [-0.25, -0.2) is 0 Å². The van der Waals surface area contributed by atoms with Crippen LogP contribution in [0.3, 0.4) is 0 Å². The number of nitrogens with zero attached hydrogens (tertiary/aromatic N) is 1. The van der Waals surface area contributed by atoms with Crippen LogP contribution < -0.4 is 5.73 Å². The van der Waals surface area contributed by atoms with Crippen molar-refractivity contribution in [3.8, 4) is 0 Å². The third-order valence-corrected chi connectivity index (χ3v) is 4.05. The van der Waals surface area contributed by atoms with Gasteiger partial charge in [0.15, 0.2) is 0 Å². The minimum Gasteiger partial charge on any atom is -0.392 e. The smallest absolute Gasteiger partial charge is 0.0679 e. The molecular formula is C12H20N2OS. The summed E-state index contributed by atoms with van der Waals surface area (Å²) < 4.78 is 0. The van der Waals surface area contributed by atoms with E-state index in [-0.39, 0.29) is 18.2 Å². The van der Waals surface area contributed by atoms with Crippen LogP contribution in [0, 0.1) is 0 Å². The van der Waals surface area contributed by atoms with Gasteiger partial charge in [0.05, 0.1) is 12.1 Å². The van der Waals surface area contributed by atoms with E-state index >= 15 is 0 Å². The van der Waals surface area contributed by atoms with Crippen LogP contribution in [0.2, 0.25) is 0 Å². The lowest BCUT2D eigenvalue weighted by Gasteiger charge is -2.31. The monoisotopic (exact) mass is 240 g/mol. The molecule has 3 atom stereocenters. The number of hydrogen-bond acceptors (Lipinski definition) is 4. The largest absolute Gasteiger partial charge is 0.392 e. The molecule has 1 aliphatic rings. The van der Waals surface area contributed by atoms with Gasteiger partial charge in [-0.2, -0.15) is 11.3 Å². The summed E-state index contributed by atoms with van der Waals surface area (Å²) in [6.07, 6.45) is 1.66. The molecule has 2 rings (SSSR count). The summed E-state index contributed by atoms with van der Waals surface area (Å²) in [6, 6.07) is 2.57. The fraction of sp³-hybridized carbons (Fsp3) is 0.667. The van der Waals surface area contributed by atoms with Crippen LogP contribution in [0.15, 0.2) is 16.8 Å². The van der Waals surface area contributed by atoms with Crippen molar-refractivity contribution >= 4 is 11.3 Å². The summed E-state index contributed by atoms with van der Waals surface area (Å²) in [5.74, 6) is 0. The molecule has 1 aliphatic heterocycles. The average Bonchev–Trinajstić information content (AvgIpc) is 2.91. The first-order chi connectivity index (χ1) is 7.72. The molecule has 0 aliphatic carbocycles. The van der Waals surface area contributed by atoms with Crippen LogP contribution >= 0.6 is 11.3 Å². The van der Waals surface area contributed by atoms with Gasteiger partial charge in [-0.3, -0.25) is 4.90 Å². The molecule has 1 aromatic rings. The van der Waals surface area contributed by atoms with E-state index in [9.17, 15) is 5.11 Å². The maximum absolute atomic E-state index is 9.62. The highest BCUT2D eigenvalue weighted by Gasteiger charge is 2.31. The van der Waals surface area contributed by atoms with Crippen LogP contribution in [0.4, 0.5) is 0 Å². The van der Waals surface area contributed by atoms with Crippen molar-refractivity contribution in [2.75, 3.05) is 13.1 Å². The van der Waals surface area contributed by atoms with Gasteiger partial charge in [0.25, 0.3) is 0 Å². The number of aliphatic hydroxyl groups is 1. The topological polar surface area (TPSA) is 49.5 Å². The Morgan fingerprint density at radius 1 is 1.69 bits per heavy atom. The van der Waals surface area contributed by atoms with Crippen LogP contribution in [0.25, 0.3) is 0 Å². The highest BCUT2D eigenvalue weighted by Crippen LogP contribution is 2.29. The van der Waals surface area contributed by atoms with Crippen LogP contribution in [-0.2, 0) is 0 Å². The fourth-order valence-electron chi connectivity index (χ4n) is 2.42. The van der Waals surface area contributed by atoms with E-state index in [0.29, 0.717) is 0 Å². The highest BCUT2D eigenvalue weighted by molar-refractivity contribution is 7.07. The Morgan fingerprint density at radius 3 is 3.00 bits per heavy atom. The molecule has 0 saturated carbocycles. The molecule has 0 bridgehead atoms. The third kappa shape index (κ3) is 2.46. The van der Waals surface area contributed by atoms with Crippen molar-refractivity contribution < 1.29 is 5.11 Å². The van der Waals surface area contributed by atoms with Gasteiger partial charge in [-0.15, -0.1) is 0 Å². The Balaban J connectivity index is 2.15. The summed E-state index contributed by atoms with van der Waals surface area (Å²) in [4.78, 5) is 2.32. The minimum absolute atomic E-state index is 0.153. The van der Waals surface area contributed by atoms with Crippen molar-refractivity contribution in [2.24, 2.45) is 5.73 Å². The lowest BCUT2D eigenvalue weighted by molar-refractivity contribution is 0.148. The van der Waals surface area contributed by atoms with Crippen molar-refractivity contribution in [1.29, 1.82) is 0 Å². The Bertz CT molecular complexity index is 315. The van der Waals surface area contributed by atoms with Crippen molar-refractivity contribution in [1.82, 2.24) is 4.90 Å². The average molecular weight is 240 g/mol. The zero-order chi connectivity index (χ0) is 11.5. The molecule has 3 N–H and O–H groups in total. The first-order valence-corrected chi connectivity index (χ1v) is 6.86. The Kier molecular flexibility index (Phi) is 3.97. The van der Waals surface area contributed by atoms with Crippen LogP contribution in [0.1, 0.15) is 31.4 Å². The second kappa shape index (κ2) is 5.27. The molecule has 1 saturated heterocycles. The van der Waals surface area contributed by atoms with E-state index in [4.69, 9.17) is 5.73 Å². The molecule has 0 aromatic carbocycles. The Hall–Kier alpha value is -0.420. The third-order valence-electron chi connectivity index (χ3n) is 3.35. The van der Waals surface area contributed by atoms with Gasteiger partial charge in [0.2, 0.25) is 0 Å². The van der Waals surface area contributed by atoms with Crippen molar-refractivity contribution in [3.05, 3.63) is 22.4 Å². The van der Waals surface area contributed by atoms with E-state index in [0.717, 1.165) is 25.9 Å². The van der Waals surface area contributed by atoms with Crippen LogP contribution in [-0.4, -0.2) is 35.2 Å². The van der Waals surface area contributed by atoms with Gasteiger partial charge in [-0.05, 0) is 35.2 Å². The summed E-state index contributed by atoms with van der Waals surface area (Å²) in [5, 5.41) is 13.9. The predicted molar refractivity (Wildman–Crippen MR) is 67.5 cm³/mol. The molecular weight excluding hydrogens is 220 g/mol. The van der Waals surface area contributed by atoms with Crippen molar-refractivity contribution in [2.45, 2.75) is 38.0 Å². The molecule has 3 nitrogen and oxygen atoms in total. The maximum Gasteiger partial charge on any atom is 0.0679 e. The summed E-state index contributed by atoms with van der Waals surface area (Å²) in [6.45, 7) is 3.83. The molecule has 4 heteroatoms. The number of thiophene rings is 1. The van der Waals surface area contributed by atoms with E-state index in [2.05, 4.69) is 28.7 Å². The van der Waals surface area contributed by atoms with E-state index in [1.54, 1.807) is 11.3 Å². The fourth-order valence-corrected chi connectivity index (χ4v) is 3.11. The standard InChI is InChI=1S/C12H20N2OS/c1-2-11(13)12(9-4-6-16-8-9)14-5-3-10(15)7-14/h4,6,8,10-12,15H,2-3,5,7,13H2,1H3. The molecule has 1 fully saturated rings. The van der Waals surface area contributed by atoms with Gasteiger partial charge in [-0.1, -0.05) is 6.92 Å². The first kappa shape index (κ1) is 12.0. The first-order valence-electron chi connectivity index (χ1n) is 5.92. The Morgan fingerprint density at radius 2 is 2.50 bits per heavy atom. The molecule has 90 valence electrons. The summed E-state index contributed by atoms with van der Waals surface area (Å²) in [7, 11) is 0. The molecule has 1 aromatic heterocycles. The maximum atomic E-state index is 9.62. The second-order valence-electron chi connectivity index (χ2n) is 4.51. The minimum atomic E-state index is -0.176. The molecule has 2 heterocycles. The summed E-state index contributed by atoms with van der Waals surface area (Å²) in [5.41, 5.74) is 7.51. The normalized spacial score (nSPS) is 25.8. The molecule has 16 heavy (non-hydrogen) atoms. The van der Waals surface area contributed by atoms with Gasteiger partial charge < -0.3 is 10.8 Å². The predicted octanol–water partition coefficient (Wildman–Crippen LogP) is 1.59. The quantitative estimate of drug-likeness (QED) is 0.840. The number of hydrogen-bond donors (Lipinski definition) is 2. The summed E-state index contributed by atoms with van der Waals surface area (Å²) >= 11 is 1.71. The molecule has 0 amide bonds. The van der Waals surface area contributed by atoms with E-state index in [1.807, 2.05) is 0 Å². The lowest BCUT2D eigenvalue weighted by atomic mass is 9.99. The number of β-amino-alcohol motifs (C(OH)–C–C–N with tert-alkyl or cyclic N) is 1. The van der Waals surface area contributed by atoms with Crippen molar-refractivity contribution in [3.63, 3.8) is 0 Å². The van der Waals surface area contributed by atoms with E-state index < -0.39 is 0 Å². The SMILES string of the molecule is CCC(N)C(c1ccsc1)N1CCC(O)C1. The molecule has 0 radical (unpaired) electrons. The Labute approximate surface area is 101 Å². The zero-order valence-corrected chi connectivity index (χ0v) is 10.5. The number of likely N-dealkylation sites (tertiary alicyclic amines) is 1. The molecule has 0 spiro atoms. The van der Waals surface area contributed by atoms with Crippen LogP contribution in [0.5, 0.6) is 0 Å². The zero-order valence-electron chi connectivity index (χ0n) is 9.67.